The molecule has 0 aliphatic heterocycles. The van der Waals surface area contributed by atoms with Gasteiger partial charge in [-0.15, -0.1) is 0 Å². The van der Waals surface area contributed by atoms with E-state index < -0.39 is 28.3 Å². The maximum absolute atomic E-state index is 13.3. The molecule has 0 aliphatic carbocycles. The van der Waals surface area contributed by atoms with Crippen molar-refractivity contribution in [3.05, 3.63) is 58.4 Å². The number of carbonyl (C=O) groups excluding carboxylic acids is 1. The summed E-state index contributed by atoms with van der Waals surface area (Å²) in [7, 11) is -3.76. The van der Waals surface area contributed by atoms with E-state index in [1.165, 1.54) is 12.1 Å². The lowest BCUT2D eigenvalue weighted by molar-refractivity contribution is -0.114. The number of hydrogen-bond donors (Lipinski definition) is 1. The van der Waals surface area contributed by atoms with Crippen molar-refractivity contribution in [1.29, 1.82) is 0 Å². The highest BCUT2D eigenvalue weighted by Gasteiger charge is 2.22. The number of halogens is 2. The highest BCUT2D eigenvalue weighted by molar-refractivity contribution is 7.92. The number of sulfonamides is 1. The van der Waals surface area contributed by atoms with Crippen LogP contribution in [0.1, 0.15) is 11.1 Å². The molecule has 0 bridgehead atoms. The summed E-state index contributed by atoms with van der Waals surface area (Å²) in [4.78, 5) is 12.3. The van der Waals surface area contributed by atoms with Crippen LogP contribution in [0.4, 0.5) is 15.8 Å². The van der Waals surface area contributed by atoms with E-state index in [0.29, 0.717) is 5.69 Å². The van der Waals surface area contributed by atoms with E-state index in [9.17, 15) is 17.6 Å². The normalized spacial score (nSPS) is 11.2. The minimum atomic E-state index is -3.76. The van der Waals surface area contributed by atoms with E-state index in [2.05, 4.69) is 5.32 Å². The summed E-state index contributed by atoms with van der Waals surface area (Å²) in [6.07, 6.45) is 0.968. The van der Waals surface area contributed by atoms with Gasteiger partial charge in [0.2, 0.25) is 15.9 Å². The largest absolute Gasteiger partial charge is 0.324 e. The number of nitrogens with one attached hydrogen (secondary N) is 1. The highest BCUT2D eigenvalue weighted by atomic mass is 35.5. The number of aryl methyl sites for hydroxylation is 1. The fourth-order valence-electron chi connectivity index (χ4n) is 2.25. The van der Waals surface area contributed by atoms with Gasteiger partial charge >= 0.3 is 0 Å². The quantitative estimate of drug-likeness (QED) is 0.857. The van der Waals surface area contributed by atoms with E-state index in [1.807, 2.05) is 19.9 Å². The minimum absolute atomic E-state index is 0.116. The molecule has 0 unspecified atom stereocenters. The minimum Gasteiger partial charge on any atom is -0.324 e. The first-order valence-corrected chi connectivity index (χ1v) is 9.61. The lowest BCUT2D eigenvalue weighted by atomic mass is 10.1. The van der Waals surface area contributed by atoms with Crippen LogP contribution >= 0.6 is 11.6 Å². The maximum Gasteiger partial charge on any atom is 0.245 e. The molecule has 2 aromatic carbocycles. The van der Waals surface area contributed by atoms with Crippen molar-refractivity contribution in [2.45, 2.75) is 13.8 Å². The van der Waals surface area contributed by atoms with Gasteiger partial charge in [-0.3, -0.25) is 9.10 Å². The highest BCUT2D eigenvalue weighted by Crippen LogP contribution is 2.25. The summed E-state index contributed by atoms with van der Waals surface area (Å²) in [5.41, 5.74) is 2.62. The Bertz CT molecular complexity index is 916. The molecular weight excluding hydrogens is 367 g/mol. The number of hydrogen-bond acceptors (Lipinski definition) is 3. The molecule has 0 aromatic heterocycles. The van der Waals surface area contributed by atoms with Crippen molar-refractivity contribution >= 4 is 38.9 Å². The zero-order chi connectivity index (χ0) is 18.8. The third-order valence-electron chi connectivity index (χ3n) is 3.76. The lowest BCUT2D eigenvalue weighted by Gasteiger charge is -2.22. The van der Waals surface area contributed by atoms with Crippen LogP contribution < -0.4 is 9.62 Å². The van der Waals surface area contributed by atoms with Crippen LogP contribution in [0.2, 0.25) is 5.02 Å². The van der Waals surface area contributed by atoms with Crippen molar-refractivity contribution in [3.63, 3.8) is 0 Å². The van der Waals surface area contributed by atoms with Crippen LogP contribution in [-0.2, 0) is 14.8 Å². The maximum atomic E-state index is 13.3. The topological polar surface area (TPSA) is 66.5 Å². The molecule has 8 heteroatoms. The molecule has 0 saturated carbocycles. The summed E-state index contributed by atoms with van der Waals surface area (Å²) < 4.78 is 38.3. The second-order valence-corrected chi connectivity index (χ2v) is 7.98. The first-order valence-electron chi connectivity index (χ1n) is 7.38. The van der Waals surface area contributed by atoms with Gasteiger partial charge in [0.25, 0.3) is 0 Å². The second-order valence-electron chi connectivity index (χ2n) is 5.66. The zero-order valence-electron chi connectivity index (χ0n) is 14.0. The van der Waals surface area contributed by atoms with Gasteiger partial charge in [-0.05, 0) is 49.2 Å². The molecule has 2 aromatic rings. The molecule has 5 nitrogen and oxygen atoms in total. The number of anilines is 2. The molecule has 0 aliphatic rings. The Kier molecular flexibility index (Phi) is 5.69. The Hall–Kier alpha value is -2.12. The predicted molar refractivity (Wildman–Crippen MR) is 98.1 cm³/mol. The Morgan fingerprint density at radius 1 is 1.24 bits per heavy atom. The number of amides is 1. The summed E-state index contributed by atoms with van der Waals surface area (Å²) >= 11 is 5.72. The van der Waals surface area contributed by atoms with E-state index in [1.54, 1.807) is 12.1 Å². The third kappa shape index (κ3) is 4.70. The van der Waals surface area contributed by atoms with Crippen molar-refractivity contribution in [1.82, 2.24) is 0 Å². The van der Waals surface area contributed by atoms with E-state index >= 15 is 0 Å². The number of carbonyl (C=O) groups is 1. The fourth-order valence-corrected chi connectivity index (χ4v) is 3.27. The van der Waals surface area contributed by atoms with Gasteiger partial charge in [-0.1, -0.05) is 23.7 Å². The smallest absolute Gasteiger partial charge is 0.245 e. The van der Waals surface area contributed by atoms with Gasteiger partial charge in [0.1, 0.15) is 12.4 Å². The molecule has 0 atom stereocenters. The summed E-state index contributed by atoms with van der Waals surface area (Å²) in [5.74, 6) is -1.18. The van der Waals surface area contributed by atoms with Crippen molar-refractivity contribution in [2.75, 3.05) is 22.4 Å². The standard InChI is InChI=1S/C17H18ClFN2O3S/c1-11-5-4-6-16(12(11)2)20-17(22)10-21(25(3,23)24)13-7-8-15(19)14(18)9-13/h4-9H,10H2,1-3H3,(H,20,22). The monoisotopic (exact) mass is 384 g/mol. The number of rotatable bonds is 5. The molecule has 0 radical (unpaired) electrons. The van der Waals surface area contributed by atoms with Crippen LogP contribution in [0, 0.1) is 19.7 Å². The van der Waals surface area contributed by atoms with Crippen molar-refractivity contribution in [3.8, 4) is 0 Å². The molecule has 1 N–H and O–H groups in total. The van der Waals surface area contributed by atoms with Crippen LogP contribution in [0.15, 0.2) is 36.4 Å². The zero-order valence-corrected chi connectivity index (χ0v) is 15.6. The Morgan fingerprint density at radius 2 is 1.92 bits per heavy atom. The molecule has 25 heavy (non-hydrogen) atoms. The van der Waals surface area contributed by atoms with Gasteiger partial charge in [0, 0.05) is 5.69 Å². The molecule has 0 heterocycles. The van der Waals surface area contributed by atoms with Gasteiger partial charge in [0.05, 0.1) is 17.0 Å². The lowest BCUT2D eigenvalue weighted by Crippen LogP contribution is -2.37. The van der Waals surface area contributed by atoms with Crippen LogP contribution in [-0.4, -0.2) is 27.1 Å². The van der Waals surface area contributed by atoms with Gasteiger partial charge < -0.3 is 5.32 Å². The number of nitrogens with zero attached hydrogens (tertiary/aromatic N) is 1. The molecule has 1 amide bonds. The van der Waals surface area contributed by atoms with Crippen LogP contribution in [0.25, 0.3) is 0 Å². The van der Waals surface area contributed by atoms with E-state index in [0.717, 1.165) is 27.8 Å². The van der Waals surface area contributed by atoms with E-state index in [4.69, 9.17) is 11.6 Å². The third-order valence-corrected chi connectivity index (χ3v) is 5.19. The summed E-state index contributed by atoms with van der Waals surface area (Å²) in [6, 6.07) is 8.93. The molecule has 0 fully saturated rings. The van der Waals surface area contributed by atoms with Crippen LogP contribution in [0.3, 0.4) is 0 Å². The fraction of sp³-hybridized carbons (Fsp3) is 0.235. The molecule has 0 spiro atoms. The average Bonchev–Trinajstić information content (AvgIpc) is 2.51. The van der Waals surface area contributed by atoms with Crippen molar-refractivity contribution in [2.24, 2.45) is 0 Å². The first kappa shape index (κ1) is 19.2. The molecule has 2 rings (SSSR count). The van der Waals surface area contributed by atoms with Gasteiger partial charge in [0.15, 0.2) is 0 Å². The van der Waals surface area contributed by atoms with Gasteiger partial charge in [-0.25, -0.2) is 12.8 Å². The van der Waals surface area contributed by atoms with Crippen LogP contribution in [0.5, 0.6) is 0 Å². The van der Waals surface area contributed by atoms with Gasteiger partial charge in [-0.2, -0.15) is 0 Å². The molecule has 134 valence electrons. The number of benzene rings is 2. The Labute approximate surface area is 151 Å². The first-order chi connectivity index (χ1) is 11.6. The average molecular weight is 385 g/mol. The SMILES string of the molecule is Cc1cccc(NC(=O)CN(c2ccc(F)c(Cl)c2)S(C)(=O)=O)c1C. The molecular formula is C17H18ClFN2O3S. The molecule has 0 saturated heterocycles. The summed E-state index contributed by atoms with van der Waals surface area (Å²) in [5, 5.41) is 2.48. The summed E-state index contributed by atoms with van der Waals surface area (Å²) in [6.45, 7) is 3.32. The van der Waals surface area contributed by atoms with Crippen molar-refractivity contribution < 1.29 is 17.6 Å². The predicted octanol–water partition coefficient (Wildman–Crippen LogP) is 3.50. The van der Waals surface area contributed by atoms with E-state index in [-0.39, 0.29) is 10.7 Å². The second kappa shape index (κ2) is 7.41. The Morgan fingerprint density at radius 3 is 2.52 bits per heavy atom. The Balaban J connectivity index is 2.27.